The third-order valence-electron chi connectivity index (χ3n) is 3.26. The van der Waals surface area contributed by atoms with Crippen molar-refractivity contribution in [3.05, 3.63) is 65.7 Å². The Balaban J connectivity index is 2.03. The maximum Gasteiger partial charge on any atom is 0.240 e. The van der Waals surface area contributed by atoms with E-state index in [2.05, 4.69) is 5.32 Å². The summed E-state index contributed by atoms with van der Waals surface area (Å²) in [5.74, 6) is -1.99. The van der Waals surface area contributed by atoms with Gasteiger partial charge in [-0.15, -0.1) is 0 Å². The van der Waals surface area contributed by atoms with Crippen molar-refractivity contribution in [2.75, 3.05) is 11.4 Å². The summed E-state index contributed by atoms with van der Waals surface area (Å²) in [5, 5.41) is 2.52. The minimum Gasteiger partial charge on any atom is -0.350 e. The summed E-state index contributed by atoms with van der Waals surface area (Å²) < 4.78 is 27.3. The summed E-state index contributed by atoms with van der Waals surface area (Å²) in [7, 11) is 0. The largest absolute Gasteiger partial charge is 0.350 e. The maximum absolute atomic E-state index is 13.8. The Labute approximate surface area is 132 Å². The fourth-order valence-electron chi connectivity index (χ4n) is 2.07. The van der Waals surface area contributed by atoms with Gasteiger partial charge in [-0.25, -0.2) is 8.78 Å². The van der Waals surface area contributed by atoms with E-state index in [4.69, 9.17) is 0 Å². The molecule has 2 amide bonds. The Morgan fingerprint density at radius 3 is 2.22 bits per heavy atom. The Hall–Kier alpha value is -2.76. The van der Waals surface area contributed by atoms with Crippen LogP contribution in [-0.4, -0.2) is 18.4 Å². The van der Waals surface area contributed by atoms with E-state index in [0.717, 1.165) is 4.90 Å². The van der Waals surface area contributed by atoms with Gasteiger partial charge in [0, 0.05) is 19.0 Å². The zero-order valence-electron chi connectivity index (χ0n) is 12.6. The molecular formula is C17H16F2N2O2. The van der Waals surface area contributed by atoms with Crippen LogP contribution in [0.1, 0.15) is 12.5 Å². The molecule has 0 spiro atoms. The second kappa shape index (κ2) is 7.49. The number of carbonyl (C=O) groups is 2. The molecule has 0 aliphatic rings. The van der Waals surface area contributed by atoms with Crippen molar-refractivity contribution in [1.29, 1.82) is 0 Å². The fourth-order valence-corrected chi connectivity index (χ4v) is 2.07. The van der Waals surface area contributed by atoms with E-state index in [1.807, 2.05) is 0 Å². The number of rotatable bonds is 5. The summed E-state index contributed by atoms with van der Waals surface area (Å²) in [5.41, 5.74) is 0.363. The third-order valence-corrected chi connectivity index (χ3v) is 3.26. The third kappa shape index (κ3) is 4.35. The van der Waals surface area contributed by atoms with Crippen LogP contribution in [0.3, 0.4) is 0 Å². The lowest BCUT2D eigenvalue weighted by molar-refractivity contribution is -0.123. The number of nitrogens with zero attached hydrogens (tertiary/aromatic N) is 1. The number of anilines is 1. The average Bonchev–Trinajstić information content (AvgIpc) is 2.52. The molecule has 0 unspecified atom stereocenters. The predicted molar refractivity (Wildman–Crippen MR) is 82.7 cm³/mol. The summed E-state index contributed by atoms with van der Waals surface area (Å²) in [6.07, 6.45) is 0. The minimum absolute atomic E-state index is 0.00543. The number of benzene rings is 2. The lowest BCUT2D eigenvalue weighted by Crippen LogP contribution is -2.40. The van der Waals surface area contributed by atoms with E-state index in [-0.39, 0.29) is 18.8 Å². The van der Waals surface area contributed by atoms with E-state index < -0.39 is 23.4 Å². The van der Waals surface area contributed by atoms with E-state index in [1.54, 1.807) is 24.3 Å². The van der Waals surface area contributed by atoms with Crippen molar-refractivity contribution in [2.45, 2.75) is 13.5 Å². The van der Waals surface area contributed by atoms with Crippen LogP contribution in [0, 0.1) is 11.6 Å². The van der Waals surface area contributed by atoms with Crippen molar-refractivity contribution in [3.8, 4) is 0 Å². The highest BCUT2D eigenvalue weighted by Crippen LogP contribution is 2.18. The number of amides is 2. The Morgan fingerprint density at radius 1 is 1.00 bits per heavy atom. The zero-order valence-corrected chi connectivity index (χ0v) is 12.6. The summed E-state index contributed by atoms with van der Waals surface area (Å²) >= 11 is 0. The Bertz CT molecular complexity index is 719. The predicted octanol–water partition coefficient (Wildman–Crippen LogP) is 2.63. The van der Waals surface area contributed by atoms with Gasteiger partial charge in [-0.3, -0.25) is 9.59 Å². The number of halogens is 2. The van der Waals surface area contributed by atoms with E-state index in [0.29, 0.717) is 5.56 Å². The number of hydrogen-bond acceptors (Lipinski definition) is 2. The molecule has 2 rings (SSSR count). The van der Waals surface area contributed by atoms with Gasteiger partial charge < -0.3 is 10.2 Å². The van der Waals surface area contributed by atoms with Gasteiger partial charge in [0.1, 0.15) is 18.2 Å². The maximum atomic E-state index is 13.8. The van der Waals surface area contributed by atoms with Gasteiger partial charge in [0.2, 0.25) is 11.8 Å². The van der Waals surface area contributed by atoms with Gasteiger partial charge in [0.25, 0.3) is 0 Å². The average molecular weight is 318 g/mol. The van der Waals surface area contributed by atoms with E-state index in [9.17, 15) is 18.4 Å². The van der Waals surface area contributed by atoms with Crippen LogP contribution >= 0.6 is 0 Å². The molecule has 23 heavy (non-hydrogen) atoms. The molecule has 0 fully saturated rings. The van der Waals surface area contributed by atoms with Crippen LogP contribution < -0.4 is 10.2 Å². The number of nitrogens with one attached hydrogen (secondary N) is 1. The van der Waals surface area contributed by atoms with Crippen LogP contribution in [0.25, 0.3) is 0 Å². The summed E-state index contributed by atoms with van der Waals surface area (Å²) in [6.45, 7) is 0.899. The molecular weight excluding hydrogens is 302 g/mol. The van der Waals surface area contributed by atoms with Crippen LogP contribution in [-0.2, 0) is 16.1 Å². The molecule has 0 heterocycles. The van der Waals surface area contributed by atoms with Crippen LogP contribution in [0.5, 0.6) is 0 Å². The second-order valence-corrected chi connectivity index (χ2v) is 4.92. The van der Waals surface area contributed by atoms with Crippen LogP contribution in [0.4, 0.5) is 14.5 Å². The molecule has 120 valence electrons. The van der Waals surface area contributed by atoms with Gasteiger partial charge in [-0.2, -0.15) is 0 Å². The first-order valence-electron chi connectivity index (χ1n) is 7.02. The first kappa shape index (κ1) is 16.6. The topological polar surface area (TPSA) is 49.4 Å². The first-order chi connectivity index (χ1) is 11.0. The van der Waals surface area contributed by atoms with Gasteiger partial charge in [0.05, 0.1) is 5.69 Å². The molecule has 4 nitrogen and oxygen atoms in total. The highest BCUT2D eigenvalue weighted by molar-refractivity contribution is 5.97. The van der Waals surface area contributed by atoms with Crippen LogP contribution in [0.2, 0.25) is 0 Å². The molecule has 0 atom stereocenters. The number of carbonyl (C=O) groups excluding carboxylic acids is 2. The Kier molecular flexibility index (Phi) is 5.41. The van der Waals surface area contributed by atoms with Crippen molar-refractivity contribution in [1.82, 2.24) is 5.32 Å². The molecule has 0 aliphatic carbocycles. The summed E-state index contributed by atoms with van der Waals surface area (Å²) in [4.78, 5) is 24.7. The lowest BCUT2D eigenvalue weighted by Gasteiger charge is -2.21. The lowest BCUT2D eigenvalue weighted by atomic mass is 10.2. The number of hydrogen-bond donors (Lipinski definition) is 1. The Morgan fingerprint density at radius 2 is 1.61 bits per heavy atom. The molecule has 2 aromatic carbocycles. The van der Waals surface area contributed by atoms with E-state index in [1.165, 1.54) is 31.2 Å². The smallest absolute Gasteiger partial charge is 0.240 e. The molecule has 0 aliphatic heterocycles. The molecule has 1 N–H and O–H groups in total. The molecule has 0 bridgehead atoms. The quantitative estimate of drug-likeness (QED) is 0.921. The normalized spacial score (nSPS) is 10.2. The first-order valence-corrected chi connectivity index (χ1v) is 7.02. The highest BCUT2D eigenvalue weighted by Gasteiger charge is 2.18. The van der Waals surface area contributed by atoms with Crippen molar-refractivity contribution < 1.29 is 18.4 Å². The van der Waals surface area contributed by atoms with Crippen molar-refractivity contribution in [2.24, 2.45) is 0 Å². The van der Waals surface area contributed by atoms with Gasteiger partial charge >= 0.3 is 0 Å². The second-order valence-electron chi connectivity index (χ2n) is 4.92. The molecule has 0 saturated heterocycles. The van der Waals surface area contributed by atoms with Gasteiger partial charge in [-0.1, -0.05) is 30.3 Å². The van der Waals surface area contributed by atoms with Crippen molar-refractivity contribution >= 4 is 17.5 Å². The molecule has 0 aromatic heterocycles. The number of para-hydroxylation sites is 1. The van der Waals surface area contributed by atoms with Gasteiger partial charge in [0.15, 0.2) is 0 Å². The SMILES string of the molecule is CC(=O)N(CC(=O)NCc1ccccc1F)c1ccccc1F. The molecule has 6 heteroatoms. The minimum atomic E-state index is -0.593. The van der Waals surface area contributed by atoms with Crippen LogP contribution in [0.15, 0.2) is 48.5 Å². The summed E-state index contributed by atoms with van der Waals surface area (Å²) in [6, 6.07) is 11.8. The fraction of sp³-hybridized carbons (Fsp3) is 0.176. The molecule has 2 aromatic rings. The monoisotopic (exact) mass is 318 g/mol. The molecule has 0 radical (unpaired) electrons. The highest BCUT2D eigenvalue weighted by atomic mass is 19.1. The van der Waals surface area contributed by atoms with Gasteiger partial charge in [-0.05, 0) is 18.2 Å². The van der Waals surface area contributed by atoms with Crippen molar-refractivity contribution in [3.63, 3.8) is 0 Å². The molecule has 0 saturated carbocycles. The standard InChI is InChI=1S/C17H16F2N2O2/c1-12(22)21(16-9-5-4-8-15(16)19)11-17(23)20-10-13-6-2-3-7-14(13)18/h2-9H,10-11H2,1H3,(H,20,23). The van der Waals surface area contributed by atoms with E-state index >= 15 is 0 Å². The zero-order chi connectivity index (χ0) is 16.8.